The van der Waals surface area contributed by atoms with Crippen molar-refractivity contribution in [2.75, 3.05) is 7.11 Å². The summed E-state index contributed by atoms with van der Waals surface area (Å²) < 4.78 is 4.69. The molecule has 0 unspecified atom stereocenters. The van der Waals surface area contributed by atoms with Crippen molar-refractivity contribution in [2.45, 2.75) is 32.4 Å². The Bertz CT molecular complexity index is 1240. The molecule has 2 amide bonds. The first-order valence-electron chi connectivity index (χ1n) is 11.6. The maximum absolute atomic E-state index is 12.9. The van der Waals surface area contributed by atoms with Crippen LogP contribution in [0.1, 0.15) is 55.8 Å². The van der Waals surface area contributed by atoms with Crippen LogP contribution >= 0.6 is 0 Å². The monoisotopic (exact) mass is 468 g/mol. The van der Waals surface area contributed by atoms with Crippen LogP contribution in [0.5, 0.6) is 0 Å². The van der Waals surface area contributed by atoms with E-state index in [9.17, 15) is 14.4 Å². The molecule has 0 spiro atoms. The molecule has 1 aliphatic carbocycles. The fourth-order valence-corrected chi connectivity index (χ4v) is 3.56. The van der Waals surface area contributed by atoms with Crippen molar-refractivity contribution in [3.63, 3.8) is 0 Å². The molecule has 3 aromatic carbocycles. The maximum atomic E-state index is 12.9. The molecule has 3 aromatic rings. The number of amides is 2. The van der Waals surface area contributed by atoms with Crippen molar-refractivity contribution in [3.05, 3.63) is 106 Å². The van der Waals surface area contributed by atoms with Gasteiger partial charge in [0.2, 0.25) is 0 Å². The Hall–Kier alpha value is -4.19. The predicted molar refractivity (Wildman–Crippen MR) is 136 cm³/mol. The van der Waals surface area contributed by atoms with Crippen molar-refractivity contribution < 1.29 is 19.1 Å². The standard InChI is InChI=1S/C29H28N2O4/c1-19-3-9-22(10-4-19)26(28(33)31-25-15-16-25)17-20-5-11-23(12-6-20)27(32)30-18-21-7-13-24(14-8-21)29(34)35-2/h3-14,17,25H,15-16,18H2,1-2H3,(H,30,32)(H,31,33)/b26-17+. The molecule has 6 heteroatoms. The summed E-state index contributed by atoms with van der Waals surface area (Å²) in [5.74, 6) is -0.690. The lowest BCUT2D eigenvalue weighted by atomic mass is 10.00. The van der Waals surface area contributed by atoms with Crippen LogP contribution in [0.4, 0.5) is 0 Å². The van der Waals surface area contributed by atoms with Crippen molar-refractivity contribution in [3.8, 4) is 0 Å². The number of aryl methyl sites for hydroxylation is 1. The lowest BCUT2D eigenvalue weighted by Crippen LogP contribution is -2.26. The average molecular weight is 469 g/mol. The summed E-state index contributed by atoms with van der Waals surface area (Å²) in [6.45, 7) is 2.35. The second-order valence-corrected chi connectivity index (χ2v) is 8.66. The summed E-state index contributed by atoms with van der Waals surface area (Å²) in [7, 11) is 1.34. The minimum atomic E-state index is -0.398. The van der Waals surface area contributed by atoms with Crippen LogP contribution in [0.15, 0.2) is 72.8 Å². The van der Waals surface area contributed by atoms with E-state index in [0.717, 1.165) is 35.1 Å². The van der Waals surface area contributed by atoms with Gasteiger partial charge in [0.25, 0.3) is 11.8 Å². The first-order chi connectivity index (χ1) is 16.9. The van der Waals surface area contributed by atoms with E-state index < -0.39 is 5.97 Å². The van der Waals surface area contributed by atoms with Crippen molar-refractivity contribution >= 4 is 29.4 Å². The van der Waals surface area contributed by atoms with Gasteiger partial charge >= 0.3 is 5.97 Å². The van der Waals surface area contributed by atoms with Crippen LogP contribution in [-0.4, -0.2) is 30.9 Å². The quantitative estimate of drug-likeness (QED) is 0.289. The number of methoxy groups -OCH3 is 1. The summed E-state index contributed by atoms with van der Waals surface area (Å²) in [4.78, 5) is 37.0. The minimum absolute atomic E-state index is 0.0867. The van der Waals surface area contributed by atoms with Gasteiger partial charge in [-0.05, 0) is 66.8 Å². The van der Waals surface area contributed by atoms with Crippen LogP contribution < -0.4 is 10.6 Å². The predicted octanol–water partition coefficient (Wildman–Crippen LogP) is 4.53. The Kier molecular flexibility index (Phi) is 7.41. The Morgan fingerprint density at radius 1 is 0.857 bits per heavy atom. The van der Waals surface area contributed by atoms with E-state index in [1.54, 1.807) is 36.4 Å². The molecule has 35 heavy (non-hydrogen) atoms. The molecule has 0 radical (unpaired) electrons. The normalized spacial score (nSPS) is 13.1. The second kappa shape index (κ2) is 10.8. The smallest absolute Gasteiger partial charge is 0.337 e. The van der Waals surface area contributed by atoms with Crippen LogP contribution in [0.3, 0.4) is 0 Å². The van der Waals surface area contributed by atoms with Crippen LogP contribution in [-0.2, 0) is 16.1 Å². The molecular weight excluding hydrogens is 440 g/mol. The van der Waals surface area contributed by atoms with Gasteiger partial charge < -0.3 is 15.4 Å². The molecule has 0 aliphatic heterocycles. The van der Waals surface area contributed by atoms with E-state index in [2.05, 4.69) is 10.6 Å². The second-order valence-electron chi connectivity index (χ2n) is 8.66. The third kappa shape index (κ3) is 6.44. The van der Waals surface area contributed by atoms with Gasteiger partial charge in [-0.1, -0.05) is 54.1 Å². The number of benzene rings is 3. The first kappa shape index (κ1) is 24.0. The van der Waals surface area contributed by atoms with Gasteiger partial charge in [0.15, 0.2) is 0 Å². The van der Waals surface area contributed by atoms with Gasteiger partial charge in [-0.15, -0.1) is 0 Å². The molecular formula is C29H28N2O4. The van der Waals surface area contributed by atoms with Crippen molar-refractivity contribution in [1.82, 2.24) is 10.6 Å². The van der Waals surface area contributed by atoms with Gasteiger partial charge in [0.05, 0.1) is 12.7 Å². The number of hydrogen-bond acceptors (Lipinski definition) is 4. The Morgan fingerprint density at radius 3 is 2.06 bits per heavy atom. The number of carbonyl (C=O) groups is 3. The fraction of sp³-hybridized carbons (Fsp3) is 0.207. The van der Waals surface area contributed by atoms with E-state index in [-0.39, 0.29) is 17.9 Å². The Morgan fingerprint density at radius 2 is 1.46 bits per heavy atom. The summed E-state index contributed by atoms with van der Waals surface area (Å²) in [6, 6.07) is 22.2. The molecule has 2 N–H and O–H groups in total. The van der Waals surface area contributed by atoms with Crippen molar-refractivity contribution in [1.29, 1.82) is 0 Å². The molecule has 0 bridgehead atoms. The fourth-order valence-electron chi connectivity index (χ4n) is 3.56. The number of esters is 1. The zero-order chi connectivity index (χ0) is 24.8. The highest BCUT2D eigenvalue weighted by atomic mass is 16.5. The molecule has 1 aliphatic rings. The first-order valence-corrected chi connectivity index (χ1v) is 11.6. The van der Waals surface area contributed by atoms with Crippen LogP contribution in [0.2, 0.25) is 0 Å². The molecule has 0 atom stereocenters. The van der Waals surface area contributed by atoms with Crippen LogP contribution in [0, 0.1) is 6.92 Å². The molecule has 0 heterocycles. The molecule has 1 fully saturated rings. The summed E-state index contributed by atoms with van der Waals surface area (Å²) in [6.07, 6.45) is 3.89. The lowest BCUT2D eigenvalue weighted by molar-refractivity contribution is -0.115. The molecule has 0 aromatic heterocycles. The Balaban J connectivity index is 1.44. The van der Waals surface area contributed by atoms with E-state index in [1.165, 1.54) is 7.11 Å². The molecule has 178 valence electrons. The molecule has 0 saturated heterocycles. The zero-order valence-electron chi connectivity index (χ0n) is 19.8. The van der Waals surface area contributed by atoms with E-state index in [4.69, 9.17) is 4.74 Å². The highest BCUT2D eigenvalue weighted by Gasteiger charge is 2.25. The lowest BCUT2D eigenvalue weighted by Gasteiger charge is -2.10. The van der Waals surface area contributed by atoms with Crippen LogP contribution in [0.25, 0.3) is 11.6 Å². The largest absolute Gasteiger partial charge is 0.465 e. The third-order valence-corrected chi connectivity index (χ3v) is 5.83. The highest BCUT2D eigenvalue weighted by Crippen LogP contribution is 2.24. The summed E-state index contributed by atoms with van der Waals surface area (Å²) >= 11 is 0. The minimum Gasteiger partial charge on any atom is -0.465 e. The number of hydrogen-bond donors (Lipinski definition) is 2. The van der Waals surface area contributed by atoms with Gasteiger partial charge in [0.1, 0.15) is 0 Å². The summed E-state index contributed by atoms with van der Waals surface area (Å²) in [5, 5.41) is 5.95. The highest BCUT2D eigenvalue weighted by molar-refractivity contribution is 6.24. The van der Waals surface area contributed by atoms with Crippen molar-refractivity contribution in [2.24, 2.45) is 0 Å². The number of nitrogens with one attached hydrogen (secondary N) is 2. The molecule has 4 rings (SSSR count). The maximum Gasteiger partial charge on any atom is 0.337 e. The molecule has 1 saturated carbocycles. The van der Waals surface area contributed by atoms with Gasteiger partial charge in [0, 0.05) is 23.7 Å². The zero-order valence-corrected chi connectivity index (χ0v) is 19.8. The summed E-state index contributed by atoms with van der Waals surface area (Å²) in [5.41, 5.74) is 5.27. The molecule has 6 nitrogen and oxygen atoms in total. The third-order valence-electron chi connectivity index (χ3n) is 5.83. The van der Waals surface area contributed by atoms with E-state index >= 15 is 0 Å². The number of ether oxygens (including phenoxy) is 1. The van der Waals surface area contributed by atoms with Gasteiger partial charge in [-0.3, -0.25) is 9.59 Å². The van der Waals surface area contributed by atoms with E-state index in [0.29, 0.717) is 23.2 Å². The topological polar surface area (TPSA) is 84.5 Å². The SMILES string of the molecule is COC(=O)c1ccc(CNC(=O)c2ccc(/C=C(/C(=O)NC3CC3)c3ccc(C)cc3)cc2)cc1. The Labute approximate surface area is 205 Å². The number of carbonyl (C=O) groups excluding carboxylic acids is 3. The number of rotatable bonds is 8. The van der Waals surface area contributed by atoms with Gasteiger partial charge in [-0.25, -0.2) is 4.79 Å². The van der Waals surface area contributed by atoms with E-state index in [1.807, 2.05) is 49.4 Å². The average Bonchev–Trinajstić information content (AvgIpc) is 3.70. The van der Waals surface area contributed by atoms with Gasteiger partial charge in [-0.2, -0.15) is 0 Å².